The molecule has 1 fully saturated rings. The Morgan fingerprint density at radius 3 is 2.28 bits per heavy atom. The van der Waals surface area contributed by atoms with Crippen molar-refractivity contribution in [3.8, 4) is 11.5 Å². The highest BCUT2D eigenvalue weighted by atomic mass is 35.5. The van der Waals surface area contributed by atoms with Crippen LogP contribution in [0.25, 0.3) is 0 Å². The van der Waals surface area contributed by atoms with Gasteiger partial charge in [-0.25, -0.2) is 0 Å². The fourth-order valence-corrected chi connectivity index (χ4v) is 2.40. The number of methoxy groups -OCH3 is 2. The van der Waals surface area contributed by atoms with Crippen LogP contribution in [0.3, 0.4) is 0 Å². The highest BCUT2D eigenvalue weighted by Gasteiger charge is 2.39. The predicted molar refractivity (Wildman–Crippen MR) is 68.4 cm³/mol. The molecule has 0 saturated carbocycles. The van der Waals surface area contributed by atoms with E-state index in [9.17, 15) is 0 Å². The molecule has 1 aromatic carbocycles. The average Bonchev–Trinajstić information content (AvgIpc) is 2.88. The second kappa shape index (κ2) is 5.34. The number of hydrogen-bond acceptors (Lipinski definition) is 4. The molecule has 18 heavy (non-hydrogen) atoms. The number of ether oxygens (including phenoxy) is 4. The van der Waals surface area contributed by atoms with Gasteiger partial charge in [0.1, 0.15) is 11.5 Å². The van der Waals surface area contributed by atoms with E-state index in [1.54, 1.807) is 26.4 Å². The van der Waals surface area contributed by atoms with Crippen LogP contribution in [0, 0.1) is 0 Å². The van der Waals surface area contributed by atoms with Gasteiger partial charge in [0.25, 0.3) is 0 Å². The normalized spacial score (nSPS) is 17.8. The van der Waals surface area contributed by atoms with Crippen molar-refractivity contribution in [3.63, 3.8) is 0 Å². The standard InChI is InChI=1S/C13H17ClO4/c1-4-13(17-5-6-18-13)9-7-10(14)12(16-3)8-11(9)15-2/h7-8H,4-6H2,1-3H3. The van der Waals surface area contributed by atoms with Crippen LogP contribution in [0.4, 0.5) is 0 Å². The maximum absolute atomic E-state index is 6.16. The summed E-state index contributed by atoms with van der Waals surface area (Å²) in [5.41, 5.74) is 0.802. The van der Waals surface area contributed by atoms with Crippen molar-refractivity contribution < 1.29 is 18.9 Å². The van der Waals surface area contributed by atoms with Crippen LogP contribution in [0.1, 0.15) is 18.9 Å². The van der Waals surface area contributed by atoms with Gasteiger partial charge in [0.2, 0.25) is 0 Å². The quantitative estimate of drug-likeness (QED) is 0.844. The molecule has 0 aliphatic carbocycles. The molecule has 1 aliphatic heterocycles. The van der Waals surface area contributed by atoms with Gasteiger partial charge < -0.3 is 18.9 Å². The van der Waals surface area contributed by atoms with Crippen LogP contribution < -0.4 is 9.47 Å². The minimum Gasteiger partial charge on any atom is -0.496 e. The van der Waals surface area contributed by atoms with Gasteiger partial charge in [-0.3, -0.25) is 0 Å². The predicted octanol–water partition coefficient (Wildman–Crippen LogP) is 2.97. The third kappa shape index (κ3) is 2.16. The molecule has 0 amide bonds. The Kier molecular flexibility index (Phi) is 4.00. The molecule has 0 N–H and O–H groups in total. The van der Waals surface area contributed by atoms with Gasteiger partial charge in [-0.2, -0.15) is 0 Å². The van der Waals surface area contributed by atoms with E-state index >= 15 is 0 Å². The van der Waals surface area contributed by atoms with Crippen molar-refractivity contribution >= 4 is 11.6 Å². The number of rotatable bonds is 4. The molecule has 1 heterocycles. The molecule has 0 bridgehead atoms. The Balaban J connectivity index is 2.52. The van der Waals surface area contributed by atoms with Crippen LogP contribution in [-0.4, -0.2) is 27.4 Å². The van der Waals surface area contributed by atoms with Crippen LogP contribution in [0.15, 0.2) is 12.1 Å². The topological polar surface area (TPSA) is 36.9 Å². The second-order valence-electron chi connectivity index (χ2n) is 3.99. The molecule has 1 aliphatic rings. The van der Waals surface area contributed by atoms with Gasteiger partial charge in [-0.1, -0.05) is 18.5 Å². The van der Waals surface area contributed by atoms with E-state index in [0.717, 1.165) is 5.56 Å². The molecular formula is C13H17ClO4. The maximum atomic E-state index is 6.16. The average molecular weight is 273 g/mol. The van der Waals surface area contributed by atoms with Crippen molar-refractivity contribution in [2.45, 2.75) is 19.1 Å². The molecule has 100 valence electrons. The van der Waals surface area contributed by atoms with Gasteiger partial charge in [-0.15, -0.1) is 0 Å². The lowest BCUT2D eigenvalue weighted by Crippen LogP contribution is -2.26. The molecule has 0 radical (unpaired) electrons. The lowest BCUT2D eigenvalue weighted by atomic mass is 10.0. The Hall–Kier alpha value is -0.970. The highest BCUT2D eigenvalue weighted by Crippen LogP contribution is 2.43. The minimum absolute atomic E-state index is 0.514. The third-order valence-electron chi connectivity index (χ3n) is 3.10. The van der Waals surface area contributed by atoms with E-state index in [2.05, 4.69) is 0 Å². The summed E-state index contributed by atoms with van der Waals surface area (Å²) in [5, 5.41) is 0.514. The largest absolute Gasteiger partial charge is 0.496 e. The first kappa shape index (κ1) is 13.5. The van der Waals surface area contributed by atoms with Gasteiger partial charge >= 0.3 is 0 Å². The van der Waals surface area contributed by atoms with Crippen molar-refractivity contribution in [1.82, 2.24) is 0 Å². The van der Waals surface area contributed by atoms with Gasteiger partial charge in [0.15, 0.2) is 5.79 Å². The Bertz CT molecular complexity index is 427. The molecule has 5 heteroatoms. The molecule has 2 rings (SSSR count). The highest BCUT2D eigenvalue weighted by molar-refractivity contribution is 6.32. The van der Waals surface area contributed by atoms with Gasteiger partial charge in [0, 0.05) is 12.5 Å². The lowest BCUT2D eigenvalue weighted by molar-refractivity contribution is -0.168. The molecule has 0 aromatic heterocycles. The summed E-state index contributed by atoms with van der Waals surface area (Å²) in [4.78, 5) is 0. The molecule has 1 saturated heterocycles. The van der Waals surface area contributed by atoms with Crippen LogP contribution in [-0.2, 0) is 15.3 Å². The lowest BCUT2D eigenvalue weighted by Gasteiger charge is -2.28. The minimum atomic E-state index is -0.763. The van der Waals surface area contributed by atoms with Gasteiger partial charge in [-0.05, 0) is 6.07 Å². The van der Waals surface area contributed by atoms with E-state index in [0.29, 0.717) is 36.2 Å². The first-order valence-corrected chi connectivity index (χ1v) is 6.24. The van der Waals surface area contributed by atoms with Crippen molar-refractivity contribution in [2.24, 2.45) is 0 Å². The zero-order valence-electron chi connectivity index (χ0n) is 10.8. The molecule has 0 atom stereocenters. The zero-order chi connectivity index (χ0) is 13.2. The third-order valence-corrected chi connectivity index (χ3v) is 3.40. The maximum Gasteiger partial charge on any atom is 0.198 e. The summed E-state index contributed by atoms with van der Waals surface area (Å²) in [6.07, 6.45) is 0.687. The van der Waals surface area contributed by atoms with Gasteiger partial charge in [0.05, 0.1) is 38.0 Å². The van der Waals surface area contributed by atoms with E-state index in [4.69, 9.17) is 30.5 Å². The summed E-state index contributed by atoms with van der Waals surface area (Å²) in [6.45, 7) is 3.14. The summed E-state index contributed by atoms with van der Waals surface area (Å²) >= 11 is 6.16. The first-order valence-electron chi connectivity index (χ1n) is 5.86. The summed E-state index contributed by atoms with van der Waals surface area (Å²) in [7, 11) is 3.17. The molecular weight excluding hydrogens is 256 g/mol. The summed E-state index contributed by atoms with van der Waals surface area (Å²) in [5.74, 6) is 0.461. The van der Waals surface area contributed by atoms with Crippen molar-refractivity contribution in [2.75, 3.05) is 27.4 Å². The fourth-order valence-electron chi connectivity index (χ4n) is 2.16. The molecule has 0 spiro atoms. The number of hydrogen-bond donors (Lipinski definition) is 0. The Morgan fingerprint density at radius 1 is 1.17 bits per heavy atom. The second-order valence-corrected chi connectivity index (χ2v) is 4.40. The van der Waals surface area contributed by atoms with Crippen LogP contribution in [0.5, 0.6) is 11.5 Å². The Labute approximate surface area is 112 Å². The summed E-state index contributed by atoms with van der Waals surface area (Å²) < 4.78 is 22.1. The SMILES string of the molecule is CCC1(c2cc(Cl)c(OC)cc2OC)OCCO1. The van der Waals surface area contributed by atoms with Crippen molar-refractivity contribution in [1.29, 1.82) is 0 Å². The monoisotopic (exact) mass is 272 g/mol. The summed E-state index contributed by atoms with van der Waals surface area (Å²) in [6, 6.07) is 3.54. The molecule has 1 aromatic rings. The van der Waals surface area contributed by atoms with E-state index in [1.807, 2.05) is 6.92 Å². The van der Waals surface area contributed by atoms with Crippen LogP contribution in [0.2, 0.25) is 5.02 Å². The van der Waals surface area contributed by atoms with Crippen LogP contribution >= 0.6 is 11.6 Å². The zero-order valence-corrected chi connectivity index (χ0v) is 11.5. The fraction of sp³-hybridized carbons (Fsp3) is 0.538. The van der Waals surface area contributed by atoms with Crippen molar-refractivity contribution in [3.05, 3.63) is 22.7 Å². The molecule has 4 nitrogen and oxygen atoms in total. The smallest absolute Gasteiger partial charge is 0.198 e. The number of halogens is 1. The molecule has 0 unspecified atom stereocenters. The van der Waals surface area contributed by atoms with E-state index in [1.165, 1.54) is 0 Å². The first-order chi connectivity index (χ1) is 8.66. The van der Waals surface area contributed by atoms with E-state index in [-0.39, 0.29) is 0 Å². The Morgan fingerprint density at radius 2 is 1.78 bits per heavy atom. The van der Waals surface area contributed by atoms with E-state index < -0.39 is 5.79 Å². The number of benzene rings is 1.